The van der Waals surface area contributed by atoms with Gasteiger partial charge in [-0.25, -0.2) is 4.90 Å². The average Bonchev–Trinajstić information content (AvgIpc) is 2.99. The molecule has 0 radical (unpaired) electrons. The van der Waals surface area contributed by atoms with Crippen LogP contribution in [-0.2, 0) is 14.3 Å². The molecule has 160 valence electrons. The van der Waals surface area contributed by atoms with Crippen LogP contribution in [0.5, 0.6) is 0 Å². The van der Waals surface area contributed by atoms with Gasteiger partial charge in [-0.05, 0) is 55.3 Å². The molecular formula is C23H22ClN3O4. The van der Waals surface area contributed by atoms with E-state index in [9.17, 15) is 14.4 Å². The maximum atomic E-state index is 13.0. The summed E-state index contributed by atoms with van der Waals surface area (Å²) in [4.78, 5) is 41.1. The fourth-order valence-corrected chi connectivity index (χ4v) is 3.81. The molecule has 1 N–H and O–H groups in total. The van der Waals surface area contributed by atoms with Crippen LogP contribution in [0.3, 0.4) is 0 Å². The van der Waals surface area contributed by atoms with Crippen molar-refractivity contribution in [2.24, 2.45) is 0 Å². The van der Waals surface area contributed by atoms with Crippen molar-refractivity contribution in [3.8, 4) is 0 Å². The van der Waals surface area contributed by atoms with Crippen molar-refractivity contribution < 1.29 is 19.1 Å². The zero-order valence-corrected chi connectivity index (χ0v) is 18.0. The van der Waals surface area contributed by atoms with E-state index in [4.69, 9.17) is 16.3 Å². The third-order valence-corrected chi connectivity index (χ3v) is 5.89. The SMILES string of the molecule is Cc1cccc(N2C(=O)C(Cl)=C(Nc3ccc(C(=O)N4CCOCC4)cc3)C2=O)c1C. The van der Waals surface area contributed by atoms with Gasteiger partial charge in [0.15, 0.2) is 0 Å². The average molecular weight is 440 g/mol. The molecule has 0 spiro atoms. The molecule has 0 unspecified atom stereocenters. The quantitative estimate of drug-likeness (QED) is 0.740. The Hall–Kier alpha value is -3.16. The third kappa shape index (κ3) is 3.94. The van der Waals surface area contributed by atoms with Gasteiger partial charge in [0, 0.05) is 24.3 Å². The third-order valence-electron chi connectivity index (χ3n) is 5.54. The number of hydrogen-bond donors (Lipinski definition) is 1. The van der Waals surface area contributed by atoms with Crippen LogP contribution in [0.4, 0.5) is 11.4 Å². The van der Waals surface area contributed by atoms with E-state index in [0.717, 1.165) is 16.0 Å². The Labute approximate surface area is 185 Å². The number of amides is 3. The molecule has 2 aromatic carbocycles. The van der Waals surface area contributed by atoms with Crippen molar-refractivity contribution in [3.05, 3.63) is 69.9 Å². The Morgan fingerprint density at radius 1 is 1.00 bits per heavy atom. The van der Waals surface area contributed by atoms with Gasteiger partial charge in [0.1, 0.15) is 10.7 Å². The lowest BCUT2D eigenvalue weighted by molar-refractivity contribution is -0.120. The molecule has 4 rings (SSSR count). The number of nitrogens with one attached hydrogen (secondary N) is 1. The van der Waals surface area contributed by atoms with Crippen molar-refractivity contribution in [1.29, 1.82) is 0 Å². The van der Waals surface area contributed by atoms with E-state index in [2.05, 4.69) is 5.32 Å². The first kappa shape index (κ1) is 21.1. The number of halogens is 1. The minimum atomic E-state index is -0.568. The van der Waals surface area contributed by atoms with Crippen LogP contribution in [0.2, 0.25) is 0 Å². The summed E-state index contributed by atoms with van der Waals surface area (Å²) in [6, 6.07) is 12.2. The van der Waals surface area contributed by atoms with E-state index >= 15 is 0 Å². The van der Waals surface area contributed by atoms with Gasteiger partial charge in [-0.2, -0.15) is 0 Å². The first-order valence-corrected chi connectivity index (χ1v) is 10.3. The molecule has 0 atom stereocenters. The molecule has 31 heavy (non-hydrogen) atoms. The standard InChI is InChI=1S/C23H22ClN3O4/c1-14-4-3-5-18(15(14)2)27-22(29)19(24)20(23(27)30)25-17-8-6-16(7-9-17)21(28)26-10-12-31-13-11-26/h3-9,25H,10-13H2,1-2H3. The van der Waals surface area contributed by atoms with Crippen LogP contribution in [0, 0.1) is 13.8 Å². The summed E-state index contributed by atoms with van der Waals surface area (Å²) in [5, 5.41) is 2.77. The summed E-state index contributed by atoms with van der Waals surface area (Å²) in [5.41, 5.74) is 3.42. The number of morpholine rings is 1. The first-order valence-electron chi connectivity index (χ1n) is 9.97. The maximum absolute atomic E-state index is 13.0. The predicted molar refractivity (Wildman–Crippen MR) is 118 cm³/mol. The Balaban J connectivity index is 1.52. The molecule has 8 heteroatoms. The Morgan fingerprint density at radius 3 is 2.35 bits per heavy atom. The zero-order valence-electron chi connectivity index (χ0n) is 17.3. The highest BCUT2D eigenvalue weighted by Crippen LogP contribution is 2.32. The molecule has 1 fully saturated rings. The second-order valence-corrected chi connectivity index (χ2v) is 7.84. The summed E-state index contributed by atoms with van der Waals surface area (Å²) in [6.45, 7) is 5.96. The van der Waals surface area contributed by atoms with Crippen molar-refractivity contribution in [2.45, 2.75) is 13.8 Å². The van der Waals surface area contributed by atoms with Gasteiger partial charge in [-0.15, -0.1) is 0 Å². The monoisotopic (exact) mass is 439 g/mol. The molecule has 0 bridgehead atoms. The van der Waals surface area contributed by atoms with E-state index < -0.39 is 11.8 Å². The van der Waals surface area contributed by atoms with Crippen molar-refractivity contribution in [3.63, 3.8) is 0 Å². The van der Waals surface area contributed by atoms with Gasteiger partial charge in [0.05, 0.1) is 18.9 Å². The molecule has 2 aromatic rings. The lowest BCUT2D eigenvalue weighted by Crippen LogP contribution is -2.40. The van der Waals surface area contributed by atoms with Crippen molar-refractivity contribution in [2.75, 3.05) is 36.5 Å². The summed E-state index contributed by atoms with van der Waals surface area (Å²) in [5.74, 6) is -1.15. The van der Waals surface area contributed by atoms with Crippen LogP contribution < -0.4 is 10.2 Å². The number of nitrogens with zero attached hydrogens (tertiary/aromatic N) is 2. The van der Waals surface area contributed by atoms with Gasteiger partial charge >= 0.3 is 0 Å². The number of rotatable bonds is 4. The van der Waals surface area contributed by atoms with Gasteiger partial charge in [0.2, 0.25) is 0 Å². The predicted octanol–water partition coefficient (Wildman–Crippen LogP) is 3.21. The van der Waals surface area contributed by atoms with E-state index in [-0.39, 0.29) is 16.6 Å². The Kier molecular flexibility index (Phi) is 5.80. The number of anilines is 2. The van der Waals surface area contributed by atoms with E-state index in [1.54, 1.807) is 41.3 Å². The number of ether oxygens (including phenoxy) is 1. The fourth-order valence-electron chi connectivity index (χ4n) is 3.60. The number of hydrogen-bond acceptors (Lipinski definition) is 5. The van der Waals surface area contributed by atoms with Gasteiger partial charge < -0.3 is 15.0 Å². The minimum Gasteiger partial charge on any atom is -0.378 e. The van der Waals surface area contributed by atoms with Crippen LogP contribution >= 0.6 is 11.6 Å². The topological polar surface area (TPSA) is 79.0 Å². The summed E-state index contributed by atoms with van der Waals surface area (Å²) in [6.07, 6.45) is 0. The highest BCUT2D eigenvalue weighted by atomic mass is 35.5. The van der Waals surface area contributed by atoms with E-state index in [0.29, 0.717) is 43.2 Å². The summed E-state index contributed by atoms with van der Waals surface area (Å²) in [7, 11) is 0. The lowest BCUT2D eigenvalue weighted by Gasteiger charge is -2.26. The normalized spacial score (nSPS) is 16.9. The highest BCUT2D eigenvalue weighted by Gasteiger charge is 2.39. The van der Waals surface area contributed by atoms with Gasteiger partial charge in [0.25, 0.3) is 17.7 Å². The summed E-state index contributed by atoms with van der Waals surface area (Å²) < 4.78 is 5.28. The van der Waals surface area contributed by atoms with Crippen molar-refractivity contribution >= 4 is 40.7 Å². The maximum Gasteiger partial charge on any atom is 0.283 e. The molecule has 2 heterocycles. The lowest BCUT2D eigenvalue weighted by atomic mass is 10.1. The number of carbonyl (C=O) groups excluding carboxylic acids is 3. The molecule has 7 nitrogen and oxygen atoms in total. The fraction of sp³-hybridized carbons (Fsp3) is 0.261. The molecular weight excluding hydrogens is 418 g/mol. The van der Waals surface area contributed by atoms with Crippen LogP contribution in [-0.4, -0.2) is 48.9 Å². The number of benzene rings is 2. The van der Waals surface area contributed by atoms with Crippen LogP contribution in [0.1, 0.15) is 21.5 Å². The molecule has 3 amide bonds. The molecule has 0 aromatic heterocycles. The number of aryl methyl sites for hydroxylation is 1. The first-order chi connectivity index (χ1) is 14.9. The summed E-state index contributed by atoms with van der Waals surface area (Å²) >= 11 is 6.23. The number of imide groups is 1. The van der Waals surface area contributed by atoms with Crippen molar-refractivity contribution in [1.82, 2.24) is 4.90 Å². The molecule has 2 aliphatic heterocycles. The molecule has 0 saturated carbocycles. The second kappa shape index (κ2) is 8.53. The molecule has 2 aliphatic rings. The highest BCUT2D eigenvalue weighted by molar-refractivity contribution is 6.53. The zero-order chi connectivity index (χ0) is 22.1. The Bertz CT molecular complexity index is 1090. The molecule has 1 saturated heterocycles. The second-order valence-electron chi connectivity index (χ2n) is 7.46. The van der Waals surface area contributed by atoms with Gasteiger partial charge in [-0.1, -0.05) is 23.7 Å². The van der Waals surface area contributed by atoms with E-state index in [1.807, 2.05) is 19.9 Å². The largest absolute Gasteiger partial charge is 0.378 e. The van der Waals surface area contributed by atoms with Crippen LogP contribution in [0.15, 0.2) is 53.2 Å². The molecule has 0 aliphatic carbocycles. The smallest absolute Gasteiger partial charge is 0.283 e. The Morgan fingerprint density at radius 2 is 1.68 bits per heavy atom. The number of carbonyl (C=O) groups is 3. The van der Waals surface area contributed by atoms with Gasteiger partial charge in [-0.3, -0.25) is 14.4 Å². The van der Waals surface area contributed by atoms with Crippen LogP contribution in [0.25, 0.3) is 0 Å². The minimum absolute atomic E-state index is 0.0137. The van der Waals surface area contributed by atoms with E-state index in [1.165, 1.54) is 0 Å².